The van der Waals surface area contributed by atoms with Crippen molar-refractivity contribution < 1.29 is 4.79 Å². The molecule has 2 nitrogen and oxygen atoms in total. The van der Waals surface area contributed by atoms with Crippen LogP contribution in [-0.2, 0) is 4.79 Å². The lowest BCUT2D eigenvalue weighted by Crippen LogP contribution is -2.01. The highest BCUT2D eigenvalue weighted by Gasteiger charge is 2.08. The topological polar surface area (TPSA) is 29.4 Å². The van der Waals surface area contributed by atoms with Crippen molar-refractivity contribution in [2.45, 2.75) is 0 Å². The van der Waals surface area contributed by atoms with Crippen LogP contribution in [0.5, 0.6) is 0 Å². The van der Waals surface area contributed by atoms with Gasteiger partial charge in [0.25, 0.3) is 0 Å². The fourth-order valence-electron chi connectivity index (χ4n) is 1.35. The zero-order valence-electron chi connectivity index (χ0n) is 8.76. The molecule has 1 aromatic carbocycles. The van der Waals surface area contributed by atoms with Crippen molar-refractivity contribution in [1.82, 2.24) is 0 Å². The summed E-state index contributed by atoms with van der Waals surface area (Å²) < 4.78 is 0. The normalized spacial score (nSPS) is 15.6. The highest BCUT2D eigenvalue weighted by atomic mass is 16.1. The first-order valence-electron chi connectivity index (χ1n) is 4.98. The van der Waals surface area contributed by atoms with E-state index < -0.39 is 0 Å². The molecule has 0 radical (unpaired) electrons. The number of carbonyl (C=O) groups excluding carboxylic acids is 1. The first kappa shape index (κ1) is 10.3. The first-order chi connectivity index (χ1) is 7.75. The lowest BCUT2D eigenvalue weighted by molar-refractivity contribution is -0.111. The van der Waals surface area contributed by atoms with Crippen molar-refractivity contribution in [3.05, 3.63) is 72.0 Å². The largest absolute Gasteiger partial charge is 0.288 e. The Kier molecular flexibility index (Phi) is 2.92. The van der Waals surface area contributed by atoms with Crippen molar-refractivity contribution in [3.63, 3.8) is 0 Å². The van der Waals surface area contributed by atoms with Crippen LogP contribution in [0.2, 0.25) is 0 Å². The van der Waals surface area contributed by atoms with Gasteiger partial charge in [-0.1, -0.05) is 43.0 Å². The Labute approximate surface area is 94.3 Å². The minimum Gasteiger partial charge on any atom is -0.288 e. The molecule has 16 heavy (non-hydrogen) atoms. The minimum absolute atomic E-state index is 0.0837. The van der Waals surface area contributed by atoms with Gasteiger partial charge in [-0.25, -0.2) is 0 Å². The molecule has 0 saturated carbocycles. The predicted molar refractivity (Wildman–Crippen MR) is 65.4 cm³/mol. The highest BCUT2D eigenvalue weighted by molar-refractivity contribution is 6.07. The number of ketones is 1. The summed E-state index contributed by atoms with van der Waals surface area (Å²) in [4.78, 5) is 15.6. The fourth-order valence-corrected chi connectivity index (χ4v) is 1.35. The zero-order valence-corrected chi connectivity index (χ0v) is 8.76. The number of carbonyl (C=O) groups is 1. The smallest absolute Gasteiger partial charge is 0.204 e. The van der Waals surface area contributed by atoms with Gasteiger partial charge in [-0.05, 0) is 23.3 Å². The molecule has 1 aliphatic carbocycles. The molecule has 0 saturated heterocycles. The maximum Gasteiger partial charge on any atom is 0.204 e. The van der Waals surface area contributed by atoms with Crippen molar-refractivity contribution in [1.29, 1.82) is 0 Å². The summed E-state index contributed by atoms with van der Waals surface area (Å²) in [5, 5.41) is 0. The van der Waals surface area contributed by atoms with E-state index in [-0.39, 0.29) is 5.78 Å². The van der Waals surface area contributed by atoms with Crippen LogP contribution in [0.15, 0.2) is 71.4 Å². The zero-order chi connectivity index (χ0) is 11.4. The number of nitrogens with zero attached hydrogens (tertiary/aromatic N) is 1. The molecule has 2 heteroatoms. The Morgan fingerprint density at radius 3 is 2.62 bits per heavy atom. The van der Waals surface area contributed by atoms with Gasteiger partial charge in [0, 0.05) is 6.21 Å². The van der Waals surface area contributed by atoms with E-state index in [4.69, 9.17) is 0 Å². The summed E-state index contributed by atoms with van der Waals surface area (Å²) in [5.41, 5.74) is 2.19. The third kappa shape index (κ3) is 2.42. The molecule has 1 aromatic rings. The van der Waals surface area contributed by atoms with Gasteiger partial charge in [-0.3, -0.25) is 9.79 Å². The average molecular weight is 209 g/mol. The van der Waals surface area contributed by atoms with Crippen LogP contribution in [0.25, 0.3) is 0 Å². The number of benzene rings is 1. The third-order valence-corrected chi connectivity index (χ3v) is 2.18. The monoisotopic (exact) mass is 209 g/mol. The average Bonchev–Trinajstić information content (AvgIpc) is 2.32. The second-order valence-corrected chi connectivity index (χ2v) is 3.47. The van der Waals surface area contributed by atoms with E-state index >= 15 is 0 Å². The molecule has 2 rings (SSSR count). The molecule has 0 heterocycles. The molecule has 0 atom stereocenters. The Bertz CT molecular complexity index is 507. The Morgan fingerprint density at radius 2 is 1.88 bits per heavy atom. The third-order valence-electron chi connectivity index (χ3n) is 2.18. The van der Waals surface area contributed by atoms with Crippen LogP contribution in [0, 0.1) is 0 Å². The van der Waals surface area contributed by atoms with Gasteiger partial charge in [0.2, 0.25) is 5.78 Å². The molecule has 1 aliphatic rings. The van der Waals surface area contributed by atoms with Crippen LogP contribution in [0.1, 0.15) is 5.56 Å². The van der Waals surface area contributed by atoms with Crippen LogP contribution in [-0.4, -0.2) is 12.0 Å². The van der Waals surface area contributed by atoms with E-state index in [1.807, 2.05) is 30.3 Å². The van der Waals surface area contributed by atoms with E-state index in [2.05, 4.69) is 11.6 Å². The summed E-state index contributed by atoms with van der Waals surface area (Å²) in [6.45, 7) is 3.76. The van der Waals surface area contributed by atoms with E-state index in [1.165, 1.54) is 6.08 Å². The molecule has 78 valence electrons. The van der Waals surface area contributed by atoms with E-state index in [9.17, 15) is 4.79 Å². The van der Waals surface area contributed by atoms with Crippen LogP contribution >= 0.6 is 0 Å². The molecule has 0 amide bonds. The Morgan fingerprint density at radius 1 is 1.12 bits per heavy atom. The maximum absolute atomic E-state index is 11.5. The number of allylic oxidation sites excluding steroid dienone is 4. The number of hydrogen-bond acceptors (Lipinski definition) is 2. The quantitative estimate of drug-likeness (QED) is 0.688. The van der Waals surface area contributed by atoms with Crippen molar-refractivity contribution in [3.8, 4) is 0 Å². The SMILES string of the molecule is C=C1C=CC(=O)C(N=Cc2ccccc2)=C1. The summed E-state index contributed by atoms with van der Waals surface area (Å²) in [5.74, 6) is -0.0837. The molecule has 0 spiro atoms. The first-order valence-corrected chi connectivity index (χ1v) is 4.98. The second-order valence-electron chi connectivity index (χ2n) is 3.47. The Hall–Kier alpha value is -2.22. The maximum atomic E-state index is 11.5. The van der Waals surface area contributed by atoms with Crippen LogP contribution < -0.4 is 0 Å². The molecule has 0 aliphatic heterocycles. The van der Waals surface area contributed by atoms with Gasteiger partial charge < -0.3 is 0 Å². The Balaban J connectivity index is 2.19. The highest BCUT2D eigenvalue weighted by Crippen LogP contribution is 2.12. The second kappa shape index (κ2) is 4.53. The standard InChI is InChI=1S/C14H11NO/c1-11-7-8-14(16)13(9-11)15-10-12-5-3-2-4-6-12/h2-10H,1H2. The van der Waals surface area contributed by atoms with E-state index in [0.717, 1.165) is 11.1 Å². The van der Waals surface area contributed by atoms with Crippen molar-refractivity contribution in [2.24, 2.45) is 4.99 Å². The van der Waals surface area contributed by atoms with E-state index in [0.29, 0.717) is 5.70 Å². The lowest BCUT2D eigenvalue weighted by atomic mass is 10.1. The molecular weight excluding hydrogens is 198 g/mol. The van der Waals surface area contributed by atoms with Gasteiger partial charge in [-0.15, -0.1) is 0 Å². The van der Waals surface area contributed by atoms with Gasteiger partial charge in [0.05, 0.1) is 0 Å². The number of hydrogen-bond donors (Lipinski definition) is 0. The molecule has 0 unspecified atom stereocenters. The fraction of sp³-hybridized carbons (Fsp3) is 0. The summed E-state index contributed by atoms with van der Waals surface area (Å²) in [6, 6.07) is 9.66. The van der Waals surface area contributed by atoms with Gasteiger partial charge >= 0.3 is 0 Å². The molecule has 0 N–H and O–H groups in total. The van der Waals surface area contributed by atoms with Crippen molar-refractivity contribution >= 4 is 12.0 Å². The molecular formula is C14H11NO. The van der Waals surface area contributed by atoms with Crippen molar-refractivity contribution in [2.75, 3.05) is 0 Å². The van der Waals surface area contributed by atoms with E-state index in [1.54, 1.807) is 18.4 Å². The summed E-state index contributed by atoms with van der Waals surface area (Å²) >= 11 is 0. The molecule has 0 fully saturated rings. The minimum atomic E-state index is -0.0837. The number of aliphatic imine (C=N–C) groups is 1. The van der Waals surface area contributed by atoms with Gasteiger partial charge in [-0.2, -0.15) is 0 Å². The molecule has 0 aromatic heterocycles. The van der Waals surface area contributed by atoms with Crippen LogP contribution in [0.3, 0.4) is 0 Å². The van der Waals surface area contributed by atoms with Gasteiger partial charge in [0.15, 0.2) is 0 Å². The number of rotatable bonds is 2. The lowest BCUT2D eigenvalue weighted by Gasteiger charge is -2.02. The van der Waals surface area contributed by atoms with Gasteiger partial charge in [0.1, 0.15) is 5.70 Å². The molecule has 0 bridgehead atoms. The summed E-state index contributed by atoms with van der Waals surface area (Å²) in [7, 11) is 0. The predicted octanol–water partition coefficient (Wildman–Crippen LogP) is 2.68. The van der Waals surface area contributed by atoms with Crippen LogP contribution in [0.4, 0.5) is 0 Å². The summed E-state index contributed by atoms with van der Waals surface area (Å²) in [6.07, 6.45) is 6.53.